The molecular weight excluding hydrogens is 315 g/mol. The molecule has 2 fully saturated rings. The Labute approximate surface area is 136 Å². The van der Waals surface area contributed by atoms with E-state index in [-0.39, 0.29) is 22.8 Å². The van der Waals surface area contributed by atoms with E-state index < -0.39 is 17.2 Å². The molecule has 7 nitrogen and oxygen atoms in total. The number of nitrogens with one attached hydrogen (secondary N) is 1. The van der Waals surface area contributed by atoms with Crippen LogP contribution < -0.4 is 15.6 Å². The van der Waals surface area contributed by atoms with Gasteiger partial charge in [-0.2, -0.15) is 0 Å². The molecule has 0 unspecified atom stereocenters. The molecule has 2 N–H and O–H groups in total. The highest BCUT2D eigenvalue weighted by Crippen LogP contribution is 2.37. The summed E-state index contributed by atoms with van der Waals surface area (Å²) < 4.78 is 16.2. The number of hydrogen-bond acceptors (Lipinski definition) is 5. The first-order valence-electron chi connectivity index (χ1n) is 7.90. The Bertz CT molecular complexity index is 900. The lowest BCUT2D eigenvalue weighted by atomic mass is 10.1. The summed E-state index contributed by atoms with van der Waals surface area (Å²) in [5.41, 5.74) is -0.677. The Kier molecular flexibility index (Phi) is 3.31. The van der Waals surface area contributed by atoms with Crippen LogP contribution in [0, 0.1) is 5.82 Å². The van der Waals surface area contributed by atoms with Crippen molar-refractivity contribution in [2.75, 3.05) is 25.0 Å². The van der Waals surface area contributed by atoms with E-state index in [1.807, 2.05) is 11.9 Å². The number of likely N-dealkylation sites (N-methyl/N-ethyl adjacent to an activating group) is 1. The molecule has 0 bridgehead atoms. The minimum absolute atomic E-state index is 0.0220. The van der Waals surface area contributed by atoms with Crippen LogP contribution in [0.2, 0.25) is 0 Å². The molecule has 126 valence electrons. The van der Waals surface area contributed by atoms with Gasteiger partial charge in [0.1, 0.15) is 11.2 Å². The zero-order valence-corrected chi connectivity index (χ0v) is 13.1. The number of fused-ring (bicyclic) bond motifs is 1. The molecule has 1 aliphatic carbocycles. The van der Waals surface area contributed by atoms with E-state index in [0.29, 0.717) is 24.8 Å². The van der Waals surface area contributed by atoms with Crippen molar-refractivity contribution in [2.24, 2.45) is 0 Å². The summed E-state index contributed by atoms with van der Waals surface area (Å²) >= 11 is 0. The Morgan fingerprint density at radius 2 is 2.12 bits per heavy atom. The number of halogens is 1. The summed E-state index contributed by atoms with van der Waals surface area (Å²) in [5, 5.41) is 12.4. The van der Waals surface area contributed by atoms with E-state index in [9.17, 15) is 19.1 Å². The fourth-order valence-corrected chi connectivity index (χ4v) is 3.08. The normalized spacial score (nSPS) is 18.0. The van der Waals surface area contributed by atoms with Crippen LogP contribution in [0.15, 0.2) is 17.1 Å². The van der Waals surface area contributed by atoms with E-state index in [1.165, 1.54) is 6.20 Å². The van der Waals surface area contributed by atoms with Crippen LogP contribution in [0.5, 0.6) is 0 Å². The van der Waals surface area contributed by atoms with Crippen molar-refractivity contribution in [3.8, 4) is 0 Å². The SMILES string of the molecule is CNC1CN(c2nc3c(cc2F)c(=O)c(C(=O)O)cn3C2CC2)C1. The number of anilines is 1. The molecule has 24 heavy (non-hydrogen) atoms. The third-order valence-electron chi connectivity index (χ3n) is 4.70. The minimum Gasteiger partial charge on any atom is -0.477 e. The second-order valence-electron chi connectivity index (χ2n) is 6.37. The second kappa shape index (κ2) is 5.27. The van der Waals surface area contributed by atoms with Gasteiger partial charge in [0.25, 0.3) is 0 Å². The summed E-state index contributed by atoms with van der Waals surface area (Å²) in [7, 11) is 1.85. The highest BCUT2D eigenvalue weighted by Gasteiger charge is 2.31. The zero-order valence-electron chi connectivity index (χ0n) is 13.1. The van der Waals surface area contributed by atoms with Crippen molar-refractivity contribution in [3.05, 3.63) is 33.9 Å². The quantitative estimate of drug-likeness (QED) is 0.868. The second-order valence-corrected chi connectivity index (χ2v) is 6.37. The van der Waals surface area contributed by atoms with Gasteiger partial charge in [0, 0.05) is 31.4 Å². The van der Waals surface area contributed by atoms with E-state index in [0.717, 1.165) is 18.9 Å². The number of aromatic nitrogens is 2. The summed E-state index contributed by atoms with van der Waals surface area (Å²) in [5.74, 6) is -1.69. The molecule has 2 aliphatic rings. The van der Waals surface area contributed by atoms with E-state index >= 15 is 0 Å². The molecule has 2 aromatic rings. The van der Waals surface area contributed by atoms with Crippen LogP contribution in [-0.2, 0) is 0 Å². The van der Waals surface area contributed by atoms with Crippen LogP contribution in [0.4, 0.5) is 10.2 Å². The van der Waals surface area contributed by atoms with Gasteiger partial charge in [-0.1, -0.05) is 0 Å². The minimum atomic E-state index is -1.31. The van der Waals surface area contributed by atoms with Gasteiger partial charge < -0.3 is 19.9 Å². The summed E-state index contributed by atoms with van der Waals surface area (Å²) in [6.07, 6.45) is 3.14. The molecule has 0 aromatic carbocycles. The number of nitrogens with zero attached hydrogens (tertiary/aromatic N) is 3. The number of carboxylic acids is 1. The maximum absolute atomic E-state index is 14.5. The number of hydrogen-bond donors (Lipinski definition) is 2. The molecule has 3 heterocycles. The zero-order chi connectivity index (χ0) is 17.0. The first-order valence-corrected chi connectivity index (χ1v) is 7.90. The molecule has 4 rings (SSSR count). The fraction of sp³-hybridized carbons (Fsp3) is 0.438. The third-order valence-corrected chi connectivity index (χ3v) is 4.70. The molecule has 1 aliphatic heterocycles. The molecule has 0 radical (unpaired) electrons. The lowest BCUT2D eigenvalue weighted by Gasteiger charge is -2.40. The van der Waals surface area contributed by atoms with Crippen molar-refractivity contribution in [2.45, 2.75) is 24.9 Å². The van der Waals surface area contributed by atoms with E-state index in [4.69, 9.17) is 0 Å². The number of carbonyl (C=O) groups is 1. The predicted octanol–water partition coefficient (Wildman–Crippen LogP) is 0.977. The standard InChI is InChI=1S/C16H17FN4O3/c1-18-8-5-20(6-8)15-12(17)4-10-13(22)11(16(23)24)7-21(9-2-3-9)14(10)19-15/h4,7-9,18H,2-3,5-6H2,1H3,(H,23,24). The van der Waals surface area contributed by atoms with Crippen molar-refractivity contribution in [3.63, 3.8) is 0 Å². The topological polar surface area (TPSA) is 87.5 Å². The highest BCUT2D eigenvalue weighted by atomic mass is 19.1. The molecular formula is C16H17FN4O3. The van der Waals surface area contributed by atoms with Gasteiger partial charge in [0.15, 0.2) is 11.6 Å². The molecule has 1 saturated heterocycles. The molecule has 1 saturated carbocycles. The Hall–Kier alpha value is -2.48. The van der Waals surface area contributed by atoms with Crippen LogP contribution >= 0.6 is 0 Å². The molecule has 0 amide bonds. The van der Waals surface area contributed by atoms with Crippen LogP contribution in [-0.4, -0.2) is 46.8 Å². The van der Waals surface area contributed by atoms with Gasteiger partial charge in [-0.05, 0) is 26.0 Å². The van der Waals surface area contributed by atoms with Gasteiger partial charge in [-0.15, -0.1) is 0 Å². The highest BCUT2D eigenvalue weighted by molar-refractivity contribution is 5.92. The Balaban J connectivity index is 1.90. The fourth-order valence-electron chi connectivity index (χ4n) is 3.08. The van der Waals surface area contributed by atoms with Crippen LogP contribution in [0.1, 0.15) is 29.2 Å². The Morgan fingerprint density at radius 3 is 2.71 bits per heavy atom. The first kappa shape index (κ1) is 15.1. The summed E-state index contributed by atoms with van der Waals surface area (Å²) in [4.78, 5) is 29.8. The Morgan fingerprint density at radius 1 is 1.42 bits per heavy atom. The molecule has 0 spiro atoms. The predicted molar refractivity (Wildman–Crippen MR) is 86.3 cm³/mol. The van der Waals surface area contributed by atoms with Gasteiger partial charge in [0.05, 0.1) is 5.39 Å². The maximum atomic E-state index is 14.5. The smallest absolute Gasteiger partial charge is 0.341 e. The number of carboxylic acid groups (broad SMARTS) is 1. The lowest BCUT2D eigenvalue weighted by Crippen LogP contribution is -2.57. The lowest BCUT2D eigenvalue weighted by molar-refractivity contribution is 0.0695. The van der Waals surface area contributed by atoms with Gasteiger partial charge in [-0.25, -0.2) is 14.2 Å². The third kappa shape index (κ3) is 2.25. The number of pyridine rings is 2. The van der Waals surface area contributed by atoms with Gasteiger partial charge in [0.2, 0.25) is 5.43 Å². The maximum Gasteiger partial charge on any atom is 0.341 e. The van der Waals surface area contributed by atoms with Gasteiger partial charge >= 0.3 is 5.97 Å². The van der Waals surface area contributed by atoms with Crippen molar-refractivity contribution < 1.29 is 14.3 Å². The number of aromatic carboxylic acids is 1. The van der Waals surface area contributed by atoms with Gasteiger partial charge in [-0.3, -0.25) is 4.79 Å². The monoisotopic (exact) mass is 332 g/mol. The number of rotatable bonds is 4. The van der Waals surface area contributed by atoms with Crippen LogP contribution in [0.25, 0.3) is 11.0 Å². The summed E-state index contributed by atoms with van der Waals surface area (Å²) in [6, 6.07) is 1.54. The molecule has 0 atom stereocenters. The van der Waals surface area contributed by atoms with E-state index in [2.05, 4.69) is 10.3 Å². The summed E-state index contributed by atoms with van der Waals surface area (Å²) in [6.45, 7) is 1.29. The molecule has 8 heteroatoms. The van der Waals surface area contributed by atoms with Crippen molar-refractivity contribution in [1.82, 2.24) is 14.9 Å². The largest absolute Gasteiger partial charge is 0.477 e. The average Bonchev–Trinajstić information content (AvgIpc) is 3.32. The molecule has 2 aromatic heterocycles. The van der Waals surface area contributed by atoms with Crippen LogP contribution in [0.3, 0.4) is 0 Å². The first-order chi connectivity index (χ1) is 11.5. The van der Waals surface area contributed by atoms with Crippen molar-refractivity contribution >= 4 is 22.8 Å². The van der Waals surface area contributed by atoms with Crippen molar-refractivity contribution in [1.29, 1.82) is 0 Å². The average molecular weight is 332 g/mol. The van der Waals surface area contributed by atoms with E-state index in [1.54, 1.807) is 4.57 Å².